The quantitative estimate of drug-likeness (QED) is 0.139. The van der Waals surface area contributed by atoms with Crippen LogP contribution in [0, 0.1) is 61.6 Å². The molecule has 2 fully saturated rings. The Bertz CT molecular complexity index is 2820. The minimum absolute atomic E-state index is 0.0722. The van der Waals surface area contributed by atoms with Crippen LogP contribution in [0.5, 0.6) is 5.75 Å². The van der Waals surface area contributed by atoms with E-state index < -0.39 is 6.04 Å². The van der Waals surface area contributed by atoms with Gasteiger partial charge in [0.1, 0.15) is 40.8 Å². The van der Waals surface area contributed by atoms with Crippen LogP contribution in [0.3, 0.4) is 0 Å². The molecule has 6 heterocycles. The lowest BCUT2D eigenvalue weighted by Crippen LogP contribution is -2.34. The summed E-state index contributed by atoms with van der Waals surface area (Å²) in [6.45, 7) is 8.19. The lowest BCUT2D eigenvalue weighted by atomic mass is 9.87. The summed E-state index contributed by atoms with van der Waals surface area (Å²) in [4.78, 5) is 25.9. The van der Waals surface area contributed by atoms with Crippen molar-refractivity contribution in [1.29, 1.82) is 5.26 Å². The average Bonchev–Trinajstić information content (AvgIpc) is 4.01. The highest BCUT2D eigenvalue weighted by Crippen LogP contribution is 2.40. The molecule has 0 radical (unpaired) electrons. The number of hydrogen-bond donors (Lipinski definition) is 1. The second-order valence-electron chi connectivity index (χ2n) is 17.0. The maximum atomic E-state index is 16.3. The molecule has 3 aliphatic rings. The Balaban J connectivity index is 0.781. The SMILES string of the molecule is Cc1sc2c(c1C)C(c1ccc(C#CC3CCCN(c4ccc(C(=O)NCC5CCC(Oc6ccc(C#N)c(Cl)c6)CC5)nn4)CCC3)cc1F)=N[C@@H](Cc1ncco1)c1nnc(C)n1-2. The van der Waals surface area contributed by atoms with Gasteiger partial charge in [0.15, 0.2) is 23.2 Å². The van der Waals surface area contributed by atoms with Gasteiger partial charge in [0.2, 0.25) is 0 Å². The lowest BCUT2D eigenvalue weighted by Gasteiger charge is -2.29. The molecule has 1 saturated heterocycles. The van der Waals surface area contributed by atoms with Crippen LogP contribution >= 0.6 is 22.9 Å². The highest BCUT2D eigenvalue weighted by molar-refractivity contribution is 7.15. The van der Waals surface area contributed by atoms with E-state index >= 15 is 4.39 Å². The highest BCUT2D eigenvalue weighted by Gasteiger charge is 2.33. The first-order valence-corrected chi connectivity index (χ1v) is 23.3. The first kappa shape index (κ1) is 43.8. The lowest BCUT2D eigenvalue weighted by molar-refractivity contribution is 0.0922. The number of halogens is 2. The monoisotopic (exact) mass is 910 g/mol. The van der Waals surface area contributed by atoms with Crippen molar-refractivity contribution in [2.45, 2.75) is 90.7 Å². The van der Waals surface area contributed by atoms with Crippen molar-refractivity contribution in [3.05, 3.63) is 128 Å². The Kier molecular flexibility index (Phi) is 13.0. The molecule has 332 valence electrons. The molecule has 1 aliphatic carbocycles. The topological polar surface area (TPSA) is 160 Å². The molecule has 0 bridgehead atoms. The van der Waals surface area contributed by atoms with Gasteiger partial charge in [-0.25, -0.2) is 9.37 Å². The summed E-state index contributed by atoms with van der Waals surface area (Å²) in [5.41, 5.74) is 4.24. The molecule has 1 saturated carbocycles. The molecule has 4 aromatic heterocycles. The number of hydrogen-bond acceptors (Lipinski definition) is 12. The van der Waals surface area contributed by atoms with Crippen LogP contribution in [0.25, 0.3) is 5.00 Å². The third kappa shape index (κ3) is 9.68. The molecule has 1 amide bonds. The van der Waals surface area contributed by atoms with Crippen LogP contribution in [0.2, 0.25) is 5.02 Å². The number of aliphatic imine (C=N–C) groups is 1. The molecule has 13 nitrogen and oxygen atoms in total. The van der Waals surface area contributed by atoms with Crippen LogP contribution in [-0.4, -0.2) is 67.3 Å². The number of carbonyl (C=O) groups is 1. The molecule has 0 spiro atoms. The van der Waals surface area contributed by atoms with E-state index in [4.69, 9.17) is 31.0 Å². The zero-order chi connectivity index (χ0) is 45.0. The number of aromatic nitrogens is 6. The highest BCUT2D eigenvalue weighted by atomic mass is 35.5. The van der Waals surface area contributed by atoms with Gasteiger partial charge in [0.25, 0.3) is 5.91 Å². The van der Waals surface area contributed by atoms with Crippen molar-refractivity contribution < 1.29 is 18.3 Å². The van der Waals surface area contributed by atoms with E-state index in [-0.39, 0.29) is 23.7 Å². The van der Waals surface area contributed by atoms with E-state index in [2.05, 4.69) is 67.4 Å². The number of rotatable bonds is 9. The molecule has 65 heavy (non-hydrogen) atoms. The number of nitrogens with one attached hydrogen (secondary N) is 1. The third-order valence-corrected chi connectivity index (χ3v) is 14.1. The number of anilines is 1. The van der Waals surface area contributed by atoms with Gasteiger partial charge in [-0.1, -0.05) is 23.4 Å². The van der Waals surface area contributed by atoms with Crippen molar-refractivity contribution in [3.63, 3.8) is 0 Å². The third-order valence-electron chi connectivity index (χ3n) is 12.6. The maximum Gasteiger partial charge on any atom is 0.271 e. The van der Waals surface area contributed by atoms with Crippen LogP contribution in [0.15, 0.2) is 70.4 Å². The van der Waals surface area contributed by atoms with Crippen molar-refractivity contribution >= 4 is 40.4 Å². The minimum Gasteiger partial charge on any atom is -0.490 e. The molecule has 9 rings (SSSR count). The molecule has 6 aromatic rings. The number of carbonyl (C=O) groups excluding carboxylic acids is 1. The van der Waals surface area contributed by atoms with Crippen molar-refractivity contribution in [2.24, 2.45) is 16.8 Å². The molecular weight excluding hydrogens is 863 g/mol. The Morgan fingerprint density at radius 1 is 1.00 bits per heavy atom. The van der Waals surface area contributed by atoms with Crippen molar-refractivity contribution in [2.75, 3.05) is 24.5 Å². The summed E-state index contributed by atoms with van der Waals surface area (Å²) in [6.07, 6.45) is 10.8. The summed E-state index contributed by atoms with van der Waals surface area (Å²) < 4.78 is 30.1. The Labute approximate surface area is 386 Å². The fraction of sp³-hybridized carbons (Fsp3) is 0.388. The Morgan fingerprint density at radius 2 is 1.82 bits per heavy atom. The molecule has 2 aromatic carbocycles. The van der Waals surface area contributed by atoms with E-state index in [1.807, 2.05) is 23.6 Å². The second-order valence-corrected chi connectivity index (χ2v) is 18.6. The summed E-state index contributed by atoms with van der Waals surface area (Å²) in [5, 5.41) is 31.1. The number of oxazole rings is 1. The molecule has 16 heteroatoms. The molecule has 0 unspecified atom stereocenters. The summed E-state index contributed by atoms with van der Waals surface area (Å²) >= 11 is 7.79. The average molecular weight is 912 g/mol. The van der Waals surface area contributed by atoms with Gasteiger partial charge in [-0.15, -0.1) is 31.7 Å². The molecule has 2 aliphatic heterocycles. The summed E-state index contributed by atoms with van der Waals surface area (Å²) in [7, 11) is 0. The fourth-order valence-electron chi connectivity index (χ4n) is 8.93. The number of nitriles is 1. The number of nitrogens with zero attached hydrogens (tertiary/aromatic N) is 9. The number of aryl methyl sites for hydroxylation is 2. The predicted molar refractivity (Wildman–Crippen MR) is 246 cm³/mol. The molecule has 1 atom stereocenters. The zero-order valence-electron chi connectivity index (χ0n) is 36.5. The molecule has 1 N–H and O–H groups in total. The normalized spacial score (nSPS) is 18.7. The summed E-state index contributed by atoms with van der Waals surface area (Å²) in [5.74, 6) is 9.98. The van der Waals surface area contributed by atoms with E-state index in [1.165, 1.54) is 12.3 Å². The summed E-state index contributed by atoms with van der Waals surface area (Å²) in [6, 6.07) is 15.5. The van der Waals surface area contributed by atoms with E-state index in [9.17, 15) is 4.79 Å². The van der Waals surface area contributed by atoms with Crippen molar-refractivity contribution in [1.82, 2.24) is 35.3 Å². The van der Waals surface area contributed by atoms with Gasteiger partial charge in [-0.05, 0) is 126 Å². The predicted octanol–water partition coefficient (Wildman–Crippen LogP) is 9.25. The minimum atomic E-state index is -0.491. The van der Waals surface area contributed by atoms with Crippen LogP contribution in [-0.2, 0) is 6.42 Å². The Morgan fingerprint density at radius 3 is 2.52 bits per heavy atom. The van der Waals surface area contributed by atoms with Gasteiger partial charge >= 0.3 is 0 Å². The second kappa shape index (κ2) is 19.4. The van der Waals surface area contributed by atoms with E-state index in [1.54, 1.807) is 47.9 Å². The fourth-order valence-corrected chi connectivity index (χ4v) is 10.4. The van der Waals surface area contributed by atoms with Gasteiger partial charge in [0.05, 0.1) is 35.0 Å². The number of ether oxygens (including phenoxy) is 1. The Hall–Kier alpha value is -6.42. The number of amides is 1. The first-order chi connectivity index (χ1) is 31.6. The number of thiophene rings is 1. The zero-order valence-corrected chi connectivity index (χ0v) is 38.1. The number of benzene rings is 2. The largest absolute Gasteiger partial charge is 0.490 e. The standard InChI is InChI=1S/C49H48ClFN10O3S/c1-29-30(2)65-49-45(29)46(55-42(26-44-53-20-23-63-44)47-59-56-31(3)61(47)49)38-17-12-33(24-40(38)51)9-8-32-6-4-21-60(22-5-7-32)43-19-18-41(57-58-43)48(62)54-28-34-10-14-36(15-11-34)64-37-16-13-35(27-52)39(50)25-37/h12-13,16-20,23-25,32,34,36,42H,4-7,10-11,14-15,21-22,26,28H2,1-3H3,(H,54,62)/t34?,36?,42-/m0/s1. The maximum absolute atomic E-state index is 16.3. The number of fused-ring (bicyclic) bond motifs is 3. The van der Waals surface area contributed by atoms with E-state index in [0.717, 1.165) is 97.1 Å². The van der Waals surface area contributed by atoms with Gasteiger partial charge in [-0.3, -0.25) is 14.4 Å². The van der Waals surface area contributed by atoms with E-state index in [0.29, 0.717) is 69.5 Å². The van der Waals surface area contributed by atoms with Crippen LogP contribution in [0.4, 0.5) is 10.2 Å². The van der Waals surface area contributed by atoms with Crippen molar-refractivity contribution in [3.8, 4) is 28.7 Å². The van der Waals surface area contributed by atoms with Gasteiger partial charge < -0.3 is 19.4 Å². The smallest absolute Gasteiger partial charge is 0.271 e. The first-order valence-electron chi connectivity index (χ1n) is 22.1. The van der Waals surface area contributed by atoms with Gasteiger partial charge in [-0.2, -0.15) is 5.26 Å². The molecular formula is C49H48ClFN10O3S. The van der Waals surface area contributed by atoms with Crippen LogP contribution < -0.4 is 15.0 Å². The van der Waals surface area contributed by atoms with Crippen LogP contribution in [0.1, 0.15) is 118 Å². The van der Waals surface area contributed by atoms with Gasteiger partial charge in [0, 0.05) is 53.2 Å².